The summed E-state index contributed by atoms with van der Waals surface area (Å²) >= 11 is 7.20. The molecule has 6 aromatic rings. The Morgan fingerprint density at radius 1 is 0.475 bits per heavy atom. The molecular weight excluding hydrogens is 727 g/mol. The van der Waals surface area contributed by atoms with Crippen LogP contribution in [0.3, 0.4) is 0 Å². The number of rotatable bonds is 2. The van der Waals surface area contributed by atoms with Crippen LogP contribution in [0, 0.1) is 0 Å². The Morgan fingerprint density at radius 3 is 1.32 bits per heavy atom. The van der Waals surface area contributed by atoms with E-state index in [0.29, 0.717) is 6.42 Å². The molecule has 1 aliphatic rings. The summed E-state index contributed by atoms with van der Waals surface area (Å²) in [5, 5.41) is 7.31. The number of fused-ring (bicyclic) bond motifs is 6. The predicted octanol–water partition coefficient (Wildman–Crippen LogP) is 7.57. The molecule has 0 fully saturated rings. The van der Waals surface area contributed by atoms with Crippen LogP contribution in [0.4, 0.5) is 0 Å². The quantitative estimate of drug-likeness (QED) is 0.134. The first-order chi connectivity index (χ1) is 19.5. The Kier molecular flexibility index (Phi) is 7.30. The third-order valence-corrected chi connectivity index (χ3v) is 40.0. The number of hydrogen-bond donors (Lipinski definition) is 0. The van der Waals surface area contributed by atoms with Gasteiger partial charge in [0.25, 0.3) is 0 Å². The molecule has 1 heterocycles. The molecule has 0 aliphatic carbocycles. The van der Waals surface area contributed by atoms with E-state index in [-0.39, 0.29) is 14.1 Å². The van der Waals surface area contributed by atoms with E-state index in [1.165, 1.54) is 43.3 Å². The maximum atomic E-state index is 7.31. The second-order valence-corrected chi connectivity index (χ2v) is 36.7. The average Bonchev–Trinajstić information content (AvgIpc) is 3.00. The van der Waals surface area contributed by atoms with Gasteiger partial charge in [-0.3, -0.25) is 0 Å². The Morgan fingerprint density at radius 2 is 0.875 bits per heavy atom. The molecule has 7 rings (SSSR count). The summed E-state index contributed by atoms with van der Waals surface area (Å²) in [6.07, 6.45) is 0.712. The van der Waals surface area contributed by atoms with Crippen LogP contribution >= 0.6 is 8.85 Å². The fraction of sp³-hybridized carbons (Fsp3) is 0.0303. The molecule has 40 heavy (non-hydrogen) atoms. The van der Waals surface area contributed by atoms with Crippen LogP contribution < -0.4 is 19.7 Å². The molecule has 0 aromatic heterocycles. The van der Waals surface area contributed by atoms with Gasteiger partial charge in [0.2, 0.25) is 0 Å². The van der Waals surface area contributed by atoms with Gasteiger partial charge in [-0.25, -0.2) is 0 Å². The molecule has 0 spiro atoms. The Bertz CT molecular complexity index is 1830. The average molecular weight is 751 g/mol. The van der Waals surface area contributed by atoms with E-state index in [2.05, 4.69) is 164 Å². The van der Waals surface area contributed by atoms with Crippen molar-refractivity contribution in [3.63, 3.8) is 0 Å². The first-order valence-electron chi connectivity index (χ1n) is 13.0. The molecule has 196 valence electrons. The van der Waals surface area contributed by atoms with Gasteiger partial charge in [0.05, 0.1) is 0 Å². The molecule has 0 bridgehead atoms. The molecule has 7 heteroatoms. The van der Waals surface area contributed by atoms with Gasteiger partial charge < -0.3 is 0 Å². The summed E-state index contributed by atoms with van der Waals surface area (Å²) in [6, 6.07) is 47.4. The van der Waals surface area contributed by atoms with Gasteiger partial charge in [-0.2, -0.15) is 0 Å². The predicted molar refractivity (Wildman–Crippen MR) is 175 cm³/mol. The van der Waals surface area contributed by atoms with Crippen molar-refractivity contribution < 1.29 is 9.05 Å². The van der Waals surface area contributed by atoms with Crippen LogP contribution in [0.25, 0.3) is 21.5 Å². The summed E-state index contributed by atoms with van der Waals surface area (Å²) < 4.78 is 10.1. The zero-order valence-corrected chi connectivity index (χ0v) is 28.3. The molecule has 0 saturated carbocycles. The summed E-state index contributed by atoms with van der Waals surface area (Å²) in [7, 11) is 0. The van der Waals surface area contributed by atoms with Crippen molar-refractivity contribution in [1.29, 1.82) is 0 Å². The van der Waals surface area contributed by atoms with Crippen LogP contribution in [0.1, 0.15) is 11.1 Å². The van der Waals surface area contributed by atoms with Gasteiger partial charge in [-0.05, 0) is 0 Å². The SMILES string of the molecule is [Se]=P1(c2ccccc2)Oc2ccc3ccccc3c2Cc2c(ccc3ccccc23)OP(=[Se])(c2ccccc2)[Se]1. The van der Waals surface area contributed by atoms with Gasteiger partial charge in [0.15, 0.2) is 0 Å². The van der Waals surface area contributed by atoms with Crippen molar-refractivity contribution in [3.8, 4) is 11.5 Å². The van der Waals surface area contributed by atoms with Crippen LogP contribution in [0.2, 0.25) is 0 Å². The van der Waals surface area contributed by atoms with E-state index < -0.39 is 8.85 Å². The van der Waals surface area contributed by atoms with Crippen LogP contribution in [-0.4, -0.2) is 44.3 Å². The fourth-order valence-corrected chi connectivity index (χ4v) is 53.2. The molecule has 1 aliphatic heterocycles. The summed E-state index contributed by atoms with van der Waals surface area (Å²) in [4.78, 5) is 0. The zero-order valence-electron chi connectivity index (χ0n) is 21.3. The molecule has 6 aromatic carbocycles. The van der Waals surface area contributed by atoms with E-state index in [1.807, 2.05) is 0 Å². The van der Waals surface area contributed by atoms with E-state index in [1.54, 1.807) is 0 Å². The van der Waals surface area contributed by atoms with Crippen LogP contribution in [0.15, 0.2) is 133 Å². The van der Waals surface area contributed by atoms with Crippen molar-refractivity contribution in [3.05, 3.63) is 145 Å². The Balaban J connectivity index is 1.54. The Labute approximate surface area is 255 Å². The molecule has 2 unspecified atom stereocenters. The van der Waals surface area contributed by atoms with Gasteiger partial charge in [0.1, 0.15) is 0 Å². The van der Waals surface area contributed by atoms with E-state index in [4.69, 9.17) is 9.05 Å². The third kappa shape index (κ3) is 4.95. The first kappa shape index (κ1) is 26.7. The van der Waals surface area contributed by atoms with Crippen molar-refractivity contribution in [2.75, 3.05) is 0 Å². The summed E-state index contributed by atoms with van der Waals surface area (Å²) in [5.41, 5.74) is 2.41. The first-order valence-corrected chi connectivity index (χ1v) is 25.2. The second kappa shape index (κ2) is 10.9. The molecule has 0 N–H and O–H groups in total. The molecule has 0 amide bonds. The zero-order chi connectivity index (χ0) is 27.2. The Hall–Kier alpha value is -2.14. The second-order valence-electron chi connectivity index (χ2n) is 9.63. The summed E-state index contributed by atoms with van der Waals surface area (Å²) in [5.74, 6) is 1.91. The monoisotopic (exact) mass is 754 g/mol. The number of hydrogen-bond acceptors (Lipinski definition) is 2. The van der Waals surface area contributed by atoms with Crippen molar-refractivity contribution in [2.45, 2.75) is 6.42 Å². The molecule has 0 radical (unpaired) electrons. The number of benzene rings is 6. The van der Waals surface area contributed by atoms with E-state index in [9.17, 15) is 0 Å². The minimum atomic E-state index is -2.26. The maximum absolute atomic E-state index is 7.31. The van der Waals surface area contributed by atoms with E-state index in [0.717, 1.165) is 11.5 Å². The molecular formula is C33H24O2P2Se3. The summed E-state index contributed by atoms with van der Waals surface area (Å²) in [6.45, 7) is 0. The van der Waals surface area contributed by atoms with Gasteiger partial charge >= 0.3 is 257 Å². The fourth-order valence-electron chi connectivity index (χ4n) is 5.20. The van der Waals surface area contributed by atoms with E-state index >= 15 is 0 Å². The normalized spacial score (nSPS) is 20.6. The molecule has 2 nitrogen and oxygen atoms in total. The van der Waals surface area contributed by atoms with Gasteiger partial charge in [-0.1, -0.05) is 0 Å². The minimum absolute atomic E-state index is 0.0775. The van der Waals surface area contributed by atoms with Crippen molar-refractivity contribution >= 4 is 85.3 Å². The van der Waals surface area contributed by atoms with Crippen molar-refractivity contribution in [2.24, 2.45) is 0 Å². The topological polar surface area (TPSA) is 18.5 Å². The van der Waals surface area contributed by atoms with Crippen LogP contribution in [0.5, 0.6) is 11.5 Å². The molecule has 2 atom stereocenters. The van der Waals surface area contributed by atoms with Gasteiger partial charge in [-0.15, -0.1) is 0 Å². The van der Waals surface area contributed by atoms with Gasteiger partial charge in [0, 0.05) is 0 Å². The van der Waals surface area contributed by atoms with Crippen LogP contribution in [-0.2, 0) is 6.42 Å². The standard InChI is InChI=1S/C33H24O2P2Se3/c38-36(26-13-3-1-4-14-26)34-32-21-19-24-11-7-9-17-28(24)30(32)23-31-29-18-10-8-12-25(29)20-22-33(31)35-37(39,40-36)27-15-5-2-6-16-27/h1-22H,23H2. The third-order valence-electron chi connectivity index (χ3n) is 7.15. The van der Waals surface area contributed by atoms with Crippen molar-refractivity contribution in [1.82, 2.24) is 0 Å². The molecule has 0 saturated heterocycles.